The quantitative estimate of drug-likeness (QED) is 0.417. The highest BCUT2D eigenvalue weighted by Crippen LogP contribution is 2.18. The van der Waals surface area contributed by atoms with Gasteiger partial charge in [0.25, 0.3) is 0 Å². The first kappa shape index (κ1) is 23.7. The highest BCUT2D eigenvalue weighted by molar-refractivity contribution is 5.87. The van der Waals surface area contributed by atoms with Gasteiger partial charge in [0.15, 0.2) is 5.75 Å². The van der Waals surface area contributed by atoms with Crippen molar-refractivity contribution in [2.45, 2.75) is 19.9 Å². The van der Waals surface area contributed by atoms with E-state index in [0.29, 0.717) is 44.3 Å². The van der Waals surface area contributed by atoms with Gasteiger partial charge in [-0.1, -0.05) is 0 Å². The van der Waals surface area contributed by atoms with E-state index in [9.17, 15) is 9.59 Å². The van der Waals surface area contributed by atoms with Gasteiger partial charge >= 0.3 is 5.97 Å². The number of nitrogens with zero attached hydrogens (tertiary/aromatic N) is 1. The molecule has 0 amide bonds. The van der Waals surface area contributed by atoms with E-state index >= 15 is 0 Å². The largest absolute Gasteiger partial charge is 0.497 e. The summed E-state index contributed by atoms with van der Waals surface area (Å²) in [6, 6.07) is 15.0. The van der Waals surface area contributed by atoms with Crippen LogP contribution in [-0.4, -0.2) is 42.6 Å². The molecule has 1 heterocycles. The molecule has 33 heavy (non-hydrogen) atoms. The molecule has 0 atom stereocenters. The topological polar surface area (TPSA) is 96.2 Å². The van der Waals surface area contributed by atoms with Gasteiger partial charge in [-0.05, 0) is 55.5 Å². The molecule has 0 aliphatic heterocycles. The maximum atomic E-state index is 12.3. The molecule has 0 saturated heterocycles. The van der Waals surface area contributed by atoms with Crippen molar-refractivity contribution < 1.29 is 28.8 Å². The molecule has 1 aromatic heterocycles. The molecule has 0 radical (unpaired) electrons. The highest BCUT2D eigenvalue weighted by Gasteiger charge is 2.09. The van der Waals surface area contributed by atoms with E-state index in [1.54, 1.807) is 25.4 Å². The van der Waals surface area contributed by atoms with Gasteiger partial charge in [-0.25, -0.2) is 4.79 Å². The van der Waals surface area contributed by atoms with Crippen molar-refractivity contribution in [3.63, 3.8) is 0 Å². The van der Waals surface area contributed by atoms with E-state index in [2.05, 4.69) is 0 Å². The zero-order valence-electron chi connectivity index (χ0n) is 18.7. The zero-order valence-corrected chi connectivity index (χ0v) is 18.7. The summed E-state index contributed by atoms with van der Waals surface area (Å²) in [6.45, 7) is 3.52. The van der Waals surface area contributed by atoms with Crippen LogP contribution in [0.15, 0.2) is 65.6 Å². The molecule has 0 aliphatic rings. The van der Waals surface area contributed by atoms with E-state index < -0.39 is 5.97 Å². The maximum Gasteiger partial charge on any atom is 0.335 e. The molecular weight excluding hydrogens is 426 g/mol. The minimum absolute atomic E-state index is 0.176. The van der Waals surface area contributed by atoms with Gasteiger partial charge in [0.05, 0.1) is 38.1 Å². The lowest BCUT2D eigenvalue weighted by molar-refractivity contribution is 0.0697. The van der Waals surface area contributed by atoms with Crippen molar-refractivity contribution in [2.75, 3.05) is 26.9 Å². The fourth-order valence-corrected chi connectivity index (χ4v) is 3.12. The summed E-state index contributed by atoms with van der Waals surface area (Å²) in [5.41, 5.74) is 0.756. The van der Waals surface area contributed by atoms with Crippen molar-refractivity contribution in [3.05, 3.63) is 82.3 Å². The van der Waals surface area contributed by atoms with Crippen LogP contribution in [0, 0.1) is 6.92 Å². The van der Waals surface area contributed by atoms with Crippen LogP contribution in [-0.2, 0) is 6.54 Å². The number of carboxylic acid groups (broad SMARTS) is 1. The predicted octanol–water partition coefficient (Wildman–Crippen LogP) is 3.79. The average Bonchev–Trinajstić information content (AvgIpc) is 2.83. The summed E-state index contributed by atoms with van der Waals surface area (Å²) < 4.78 is 24.2. The SMILES string of the molecule is COc1ccc(OCCn2ccc(=O)c(OCCCOc3ccc(C(=O)O)cc3)c2C)cc1. The smallest absolute Gasteiger partial charge is 0.335 e. The second-order valence-corrected chi connectivity index (χ2v) is 7.19. The number of ether oxygens (including phenoxy) is 4. The van der Waals surface area contributed by atoms with E-state index in [1.807, 2.05) is 35.8 Å². The van der Waals surface area contributed by atoms with Crippen LogP contribution in [0.3, 0.4) is 0 Å². The molecule has 8 nitrogen and oxygen atoms in total. The lowest BCUT2D eigenvalue weighted by Gasteiger charge is -2.15. The number of carbonyl (C=O) groups is 1. The Morgan fingerprint density at radius 1 is 0.848 bits per heavy atom. The Morgan fingerprint density at radius 2 is 1.42 bits per heavy atom. The molecule has 0 unspecified atom stereocenters. The lowest BCUT2D eigenvalue weighted by atomic mass is 10.2. The van der Waals surface area contributed by atoms with Gasteiger partial charge in [0, 0.05) is 18.7 Å². The summed E-state index contributed by atoms with van der Waals surface area (Å²) in [7, 11) is 1.61. The Bertz CT molecular complexity index is 1110. The monoisotopic (exact) mass is 453 g/mol. The first-order valence-corrected chi connectivity index (χ1v) is 10.5. The highest BCUT2D eigenvalue weighted by atomic mass is 16.5. The third kappa shape index (κ3) is 6.77. The van der Waals surface area contributed by atoms with Crippen LogP contribution in [0.5, 0.6) is 23.0 Å². The number of aromatic nitrogens is 1. The van der Waals surface area contributed by atoms with Gasteiger partial charge in [0.1, 0.15) is 23.9 Å². The van der Waals surface area contributed by atoms with Gasteiger partial charge < -0.3 is 28.6 Å². The summed E-state index contributed by atoms with van der Waals surface area (Å²) in [5.74, 6) is 1.42. The second kappa shape index (κ2) is 11.6. The molecule has 3 aromatic rings. The standard InChI is InChI=1S/C25H27NO7/c1-18-24(33-16-3-15-31-21-6-4-19(5-7-21)25(28)29)23(27)12-13-26(18)14-17-32-22-10-8-20(30-2)9-11-22/h4-13H,3,14-17H2,1-2H3,(H,28,29). The van der Waals surface area contributed by atoms with Crippen LogP contribution in [0.4, 0.5) is 0 Å². The Morgan fingerprint density at radius 3 is 2.06 bits per heavy atom. The van der Waals surface area contributed by atoms with Crippen LogP contribution >= 0.6 is 0 Å². The van der Waals surface area contributed by atoms with Crippen molar-refractivity contribution in [1.82, 2.24) is 4.57 Å². The molecule has 174 valence electrons. The number of hydrogen-bond donors (Lipinski definition) is 1. The van der Waals surface area contributed by atoms with E-state index in [4.69, 9.17) is 24.1 Å². The first-order valence-electron chi connectivity index (χ1n) is 10.5. The van der Waals surface area contributed by atoms with Gasteiger partial charge in [-0.3, -0.25) is 4.79 Å². The van der Waals surface area contributed by atoms with Gasteiger partial charge in [-0.15, -0.1) is 0 Å². The molecule has 2 aromatic carbocycles. The van der Waals surface area contributed by atoms with Crippen molar-refractivity contribution in [3.8, 4) is 23.0 Å². The van der Waals surface area contributed by atoms with Gasteiger partial charge in [0.2, 0.25) is 5.43 Å². The summed E-state index contributed by atoms with van der Waals surface area (Å²) >= 11 is 0. The van der Waals surface area contributed by atoms with Crippen molar-refractivity contribution >= 4 is 5.97 Å². The minimum atomic E-state index is -0.980. The van der Waals surface area contributed by atoms with Crippen LogP contribution in [0.2, 0.25) is 0 Å². The average molecular weight is 453 g/mol. The molecule has 3 rings (SSSR count). The number of pyridine rings is 1. The van der Waals surface area contributed by atoms with E-state index in [0.717, 1.165) is 17.2 Å². The summed E-state index contributed by atoms with van der Waals surface area (Å²) in [5, 5.41) is 8.92. The summed E-state index contributed by atoms with van der Waals surface area (Å²) in [4.78, 5) is 23.1. The number of aromatic carboxylic acids is 1. The van der Waals surface area contributed by atoms with E-state index in [-0.39, 0.29) is 11.0 Å². The third-order valence-corrected chi connectivity index (χ3v) is 4.95. The number of methoxy groups -OCH3 is 1. The van der Waals surface area contributed by atoms with Crippen LogP contribution in [0.1, 0.15) is 22.5 Å². The van der Waals surface area contributed by atoms with E-state index in [1.165, 1.54) is 18.2 Å². The number of benzene rings is 2. The summed E-state index contributed by atoms with van der Waals surface area (Å²) in [6.07, 6.45) is 2.29. The first-order chi connectivity index (χ1) is 16.0. The Balaban J connectivity index is 1.46. The molecule has 0 fully saturated rings. The van der Waals surface area contributed by atoms with Crippen LogP contribution < -0.4 is 24.4 Å². The molecule has 0 saturated carbocycles. The minimum Gasteiger partial charge on any atom is -0.497 e. The molecule has 0 bridgehead atoms. The molecular formula is C25H27NO7. The fourth-order valence-electron chi connectivity index (χ4n) is 3.12. The Hall–Kier alpha value is -3.94. The second-order valence-electron chi connectivity index (χ2n) is 7.19. The molecule has 1 N–H and O–H groups in total. The Labute approximate surface area is 191 Å². The molecule has 8 heteroatoms. The van der Waals surface area contributed by atoms with Crippen molar-refractivity contribution in [1.29, 1.82) is 0 Å². The number of rotatable bonds is 12. The Kier molecular flexibility index (Phi) is 8.35. The lowest BCUT2D eigenvalue weighted by Crippen LogP contribution is -2.18. The van der Waals surface area contributed by atoms with Crippen LogP contribution in [0.25, 0.3) is 0 Å². The predicted molar refractivity (Wildman–Crippen MR) is 123 cm³/mol. The van der Waals surface area contributed by atoms with Gasteiger partial charge in [-0.2, -0.15) is 0 Å². The normalized spacial score (nSPS) is 10.5. The number of hydrogen-bond acceptors (Lipinski definition) is 6. The number of carboxylic acids is 1. The van der Waals surface area contributed by atoms with Crippen molar-refractivity contribution in [2.24, 2.45) is 0 Å². The zero-order chi connectivity index (χ0) is 23.6. The third-order valence-electron chi connectivity index (χ3n) is 4.95. The molecule has 0 aliphatic carbocycles. The molecule has 0 spiro atoms. The maximum absolute atomic E-state index is 12.3. The fraction of sp³-hybridized carbons (Fsp3) is 0.280.